The van der Waals surface area contributed by atoms with Crippen LogP contribution in [-0.2, 0) is 4.74 Å². The molecule has 15 heavy (non-hydrogen) atoms. The predicted molar refractivity (Wildman–Crippen MR) is 49.6 cm³/mol. The number of rotatable bonds is 1. The Morgan fingerprint density at radius 3 is 2.53 bits per heavy atom. The Labute approximate surface area is 85.7 Å². The van der Waals surface area contributed by atoms with Gasteiger partial charge < -0.3 is 15.2 Å². The van der Waals surface area contributed by atoms with Crippen molar-refractivity contribution in [3.8, 4) is 5.75 Å². The van der Waals surface area contributed by atoms with Gasteiger partial charge in [0.25, 0.3) is 0 Å². The average Bonchev–Trinajstić information content (AvgIpc) is 2.26. The minimum absolute atomic E-state index is 0.358. The quantitative estimate of drug-likeness (QED) is 0.742. The SMILES string of the molecule is Oc1c(F)cc(C2CNCCO2)cc1F. The molecular formula is C10H11F2NO2. The van der Waals surface area contributed by atoms with Crippen LogP contribution in [0.15, 0.2) is 12.1 Å². The van der Waals surface area contributed by atoms with E-state index in [1.54, 1.807) is 0 Å². The summed E-state index contributed by atoms with van der Waals surface area (Å²) in [4.78, 5) is 0. The lowest BCUT2D eigenvalue weighted by molar-refractivity contribution is 0.0273. The van der Waals surface area contributed by atoms with Gasteiger partial charge in [-0.05, 0) is 17.7 Å². The van der Waals surface area contributed by atoms with Crippen molar-refractivity contribution in [2.24, 2.45) is 0 Å². The fourth-order valence-corrected chi connectivity index (χ4v) is 1.55. The van der Waals surface area contributed by atoms with E-state index >= 15 is 0 Å². The second-order valence-corrected chi connectivity index (χ2v) is 3.40. The van der Waals surface area contributed by atoms with Gasteiger partial charge in [0.15, 0.2) is 17.4 Å². The average molecular weight is 215 g/mol. The van der Waals surface area contributed by atoms with E-state index in [-0.39, 0.29) is 6.10 Å². The van der Waals surface area contributed by atoms with Gasteiger partial charge >= 0.3 is 0 Å². The van der Waals surface area contributed by atoms with E-state index in [2.05, 4.69) is 5.32 Å². The van der Waals surface area contributed by atoms with Crippen molar-refractivity contribution < 1.29 is 18.6 Å². The molecule has 1 atom stereocenters. The Bertz CT molecular complexity index is 341. The van der Waals surface area contributed by atoms with Gasteiger partial charge in [-0.1, -0.05) is 0 Å². The lowest BCUT2D eigenvalue weighted by Crippen LogP contribution is -2.33. The molecule has 1 fully saturated rings. The van der Waals surface area contributed by atoms with E-state index in [0.29, 0.717) is 18.7 Å². The first-order valence-electron chi connectivity index (χ1n) is 4.68. The van der Waals surface area contributed by atoms with Crippen molar-refractivity contribution in [2.45, 2.75) is 6.10 Å². The van der Waals surface area contributed by atoms with E-state index < -0.39 is 17.4 Å². The highest BCUT2D eigenvalue weighted by molar-refractivity contribution is 5.31. The summed E-state index contributed by atoms with van der Waals surface area (Å²) in [5.41, 5.74) is 0.398. The van der Waals surface area contributed by atoms with Crippen LogP contribution in [0.2, 0.25) is 0 Å². The number of benzene rings is 1. The van der Waals surface area contributed by atoms with E-state index in [9.17, 15) is 8.78 Å². The molecule has 0 bridgehead atoms. The molecular weight excluding hydrogens is 204 g/mol. The van der Waals surface area contributed by atoms with Crippen LogP contribution in [-0.4, -0.2) is 24.8 Å². The molecule has 0 radical (unpaired) electrons. The maximum atomic E-state index is 13.0. The molecule has 1 aromatic carbocycles. The van der Waals surface area contributed by atoms with Crippen LogP contribution in [0.3, 0.4) is 0 Å². The lowest BCUT2D eigenvalue weighted by atomic mass is 10.1. The van der Waals surface area contributed by atoms with Crippen molar-refractivity contribution in [1.82, 2.24) is 5.32 Å². The molecule has 0 aromatic heterocycles. The number of phenols is 1. The van der Waals surface area contributed by atoms with Gasteiger partial charge in [-0.2, -0.15) is 0 Å². The first kappa shape index (κ1) is 10.3. The van der Waals surface area contributed by atoms with Gasteiger partial charge in [-0.15, -0.1) is 0 Å². The molecule has 1 unspecified atom stereocenters. The van der Waals surface area contributed by atoms with Crippen LogP contribution >= 0.6 is 0 Å². The van der Waals surface area contributed by atoms with Crippen LogP contribution in [0.5, 0.6) is 5.75 Å². The highest BCUT2D eigenvalue weighted by Crippen LogP contribution is 2.26. The minimum atomic E-state index is -0.959. The maximum Gasteiger partial charge on any atom is 0.187 e. The zero-order valence-electron chi connectivity index (χ0n) is 7.96. The van der Waals surface area contributed by atoms with E-state index in [1.807, 2.05) is 0 Å². The largest absolute Gasteiger partial charge is 0.503 e. The number of phenolic OH excluding ortho intramolecular Hbond substituents is 1. The predicted octanol–water partition coefficient (Wildman–Crippen LogP) is 1.33. The fourth-order valence-electron chi connectivity index (χ4n) is 1.55. The summed E-state index contributed by atoms with van der Waals surface area (Å²) >= 11 is 0. The smallest absolute Gasteiger partial charge is 0.187 e. The number of hydrogen-bond acceptors (Lipinski definition) is 3. The molecule has 0 aliphatic carbocycles. The van der Waals surface area contributed by atoms with Gasteiger partial charge in [-0.3, -0.25) is 0 Å². The summed E-state index contributed by atoms with van der Waals surface area (Å²) < 4.78 is 31.4. The number of halogens is 2. The molecule has 1 aromatic rings. The summed E-state index contributed by atoms with van der Waals surface area (Å²) in [6, 6.07) is 2.19. The number of nitrogens with one attached hydrogen (secondary N) is 1. The molecule has 1 aliphatic rings. The van der Waals surface area contributed by atoms with Gasteiger partial charge in [0.05, 0.1) is 12.7 Å². The van der Waals surface area contributed by atoms with Crippen LogP contribution in [0, 0.1) is 11.6 Å². The summed E-state index contributed by atoms with van der Waals surface area (Å²) in [6.45, 7) is 1.76. The third kappa shape index (κ3) is 2.08. The highest BCUT2D eigenvalue weighted by Gasteiger charge is 2.19. The summed E-state index contributed by atoms with van der Waals surface area (Å²) in [6.07, 6.45) is -0.358. The Kier molecular flexibility index (Phi) is 2.83. The zero-order valence-corrected chi connectivity index (χ0v) is 7.96. The molecule has 0 spiro atoms. The van der Waals surface area contributed by atoms with Crippen molar-refractivity contribution in [2.75, 3.05) is 19.7 Å². The number of hydrogen-bond donors (Lipinski definition) is 2. The normalized spacial score (nSPS) is 21.6. The standard InChI is InChI=1S/C10H11F2NO2/c11-7-3-6(4-8(12)10(7)14)9-5-13-1-2-15-9/h3-4,9,13-14H,1-2,5H2. The van der Waals surface area contributed by atoms with Gasteiger partial charge in [0, 0.05) is 13.1 Å². The molecule has 1 heterocycles. The second kappa shape index (κ2) is 4.12. The zero-order chi connectivity index (χ0) is 10.8. The van der Waals surface area contributed by atoms with Crippen LogP contribution < -0.4 is 5.32 Å². The summed E-state index contributed by atoms with van der Waals surface area (Å²) in [5.74, 6) is -2.86. The monoisotopic (exact) mass is 215 g/mol. The van der Waals surface area contributed by atoms with E-state index in [4.69, 9.17) is 9.84 Å². The Morgan fingerprint density at radius 2 is 2.00 bits per heavy atom. The van der Waals surface area contributed by atoms with Gasteiger partial charge in [0.2, 0.25) is 0 Å². The van der Waals surface area contributed by atoms with Crippen LogP contribution in [0.1, 0.15) is 11.7 Å². The molecule has 0 saturated carbocycles. The fraction of sp³-hybridized carbons (Fsp3) is 0.400. The minimum Gasteiger partial charge on any atom is -0.503 e. The number of ether oxygens (including phenoxy) is 1. The van der Waals surface area contributed by atoms with Crippen LogP contribution in [0.4, 0.5) is 8.78 Å². The van der Waals surface area contributed by atoms with Gasteiger partial charge in [-0.25, -0.2) is 8.78 Å². The molecule has 1 aliphatic heterocycles. The molecule has 82 valence electrons. The maximum absolute atomic E-state index is 13.0. The molecule has 2 rings (SSSR count). The van der Waals surface area contributed by atoms with Crippen molar-refractivity contribution in [3.63, 3.8) is 0 Å². The Hall–Kier alpha value is -1.20. The molecule has 2 N–H and O–H groups in total. The third-order valence-electron chi connectivity index (χ3n) is 2.34. The Balaban J connectivity index is 2.27. The van der Waals surface area contributed by atoms with Crippen molar-refractivity contribution in [3.05, 3.63) is 29.3 Å². The second-order valence-electron chi connectivity index (χ2n) is 3.40. The third-order valence-corrected chi connectivity index (χ3v) is 2.34. The van der Waals surface area contributed by atoms with Crippen molar-refractivity contribution >= 4 is 0 Å². The first-order valence-corrected chi connectivity index (χ1v) is 4.68. The summed E-state index contributed by atoms with van der Waals surface area (Å²) in [5, 5.41) is 12.0. The first-order chi connectivity index (χ1) is 7.18. The molecule has 0 amide bonds. The number of aromatic hydroxyl groups is 1. The molecule has 1 saturated heterocycles. The van der Waals surface area contributed by atoms with Gasteiger partial charge in [0.1, 0.15) is 0 Å². The number of morpholine rings is 1. The summed E-state index contributed by atoms with van der Waals surface area (Å²) in [7, 11) is 0. The van der Waals surface area contributed by atoms with E-state index in [1.165, 1.54) is 0 Å². The van der Waals surface area contributed by atoms with Crippen molar-refractivity contribution in [1.29, 1.82) is 0 Å². The topological polar surface area (TPSA) is 41.5 Å². The lowest BCUT2D eigenvalue weighted by Gasteiger charge is -2.24. The van der Waals surface area contributed by atoms with E-state index in [0.717, 1.165) is 18.7 Å². The molecule has 3 nitrogen and oxygen atoms in total. The Morgan fingerprint density at radius 1 is 1.33 bits per heavy atom. The van der Waals surface area contributed by atoms with Crippen LogP contribution in [0.25, 0.3) is 0 Å². The highest BCUT2D eigenvalue weighted by atomic mass is 19.1. The molecule has 5 heteroatoms.